The van der Waals surface area contributed by atoms with Gasteiger partial charge in [0.05, 0.1) is 89.8 Å². The van der Waals surface area contributed by atoms with Crippen LogP contribution < -0.4 is 0 Å². The van der Waals surface area contributed by atoms with Crippen LogP contribution in [0.15, 0.2) is 238 Å². The van der Waals surface area contributed by atoms with E-state index in [2.05, 4.69) is 50.1 Å². The van der Waals surface area contributed by atoms with Gasteiger partial charge in [0.2, 0.25) is 0 Å². The number of carbonyl (C=O) groups is 1. The molecule has 3 heterocycles. The van der Waals surface area contributed by atoms with Crippen LogP contribution >= 0.6 is 0 Å². The number of hydrogen-bond acceptors (Lipinski definition) is 19. The Morgan fingerprint density at radius 3 is 1.12 bits per heavy atom. The summed E-state index contributed by atoms with van der Waals surface area (Å²) in [7, 11) is 0. The third-order valence-electron chi connectivity index (χ3n) is 17.5. The zero-order chi connectivity index (χ0) is 69.8. The predicted molar refractivity (Wildman–Crippen MR) is 363 cm³/mol. The van der Waals surface area contributed by atoms with E-state index < -0.39 is 116 Å². The van der Waals surface area contributed by atoms with Gasteiger partial charge < -0.3 is 66.4 Å². The third kappa shape index (κ3) is 19.8. The molecule has 7 aromatic rings. The minimum Gasteiger partial charge on any atom is -0.374 e. The molecule has 0 amide bonds. The highest BCUT2D eigenvalue weighted by Crippen LogP contribution is 2.42. The minimum absolute atomic E-state index is 0.00274. The van der Waals surface area contributed by atoms with Crippen LogP contribution in [0.5, 0.6) is 0 Å². The van der Waals surface area contributed by atoms with E-state index in [1.807, 2.05) is 212 Å². The molecule has 0 aromatic heterocycles. The van der Waals surface area contributed by atoms with E-state index >= 15 is 0 Å². The summed E-state index contributed by atoms with van der Waals surface area (Å²) in [5.41, 5.74) is 57.1. The Morgan fingerprint density at radius 1 is 0.347 bits per heavy atom. The maximum Gasteiger partial charge on any atom is 0.187 e. The van der Waals surface area contributed by atoms with Gasteiger partial charge in [-0.15, -0.1) is 0 Å². The Hall–Kier alpha value is -9.76. The number of aldehydes is 1. The Bertz CT molecular complexity index is 3930. The molecule has 19 atom stereocenters. The van der Waals surface area contributed by atoms with E-state index in [1.54, 1.807) is 0 Å². The van der Waals surface area contributed by atoms with Gasteiger partial charge in [-0.25, -0.2) is 0 Å². The quantitative estimate of drug-likeness (QED) is 0.0154. The fourth-order valence-electron chi connectivity index (χ4n) is 12.7. The summed E-state index contributed by atoms with van der Waals surface area (Å²) in [6, 6.07) is 59.7. The average molecular weight is 1370 g/mol. The third-order valence-corrected chi connectivity index (χ3v) is 17.5. The average Bonchev–Trinajstić information content (AvgIpc) is 1.66. The van der Waals surface area contributed by atoms with Crippen LogP contribution in [0.1, 0.15) is 45.4 Å². The molecule has 0 N–H and O–H groups in total. The van der Waals surface area contributed by atoms with Gasteiger partial charge in [-0.2, -0.15) is 0 Å². The van der Waals surface area contributed by atoms with Crippen LogP contribution in [0.4, 0.5) is 0 Å². The summed E-state index contributed by atoms with van der Waals surface area (Å²) >= 11 is 0. The van der Waals surface area contributed by atoms with Crippen LogP contribution in [0, 0.1) is 0 Å². The first kappa shape index (κ1) is 72.5. The van der Waals surface area contributed by atoms with Crippen molar-refractivity contribution in [2.45, 2.75) is 169 Å². The molecule has 0 spiro atoms. The second-order valence-corrected chi connectivity index (χ2v) is 24.1. The Morgan fingerprint density at radius 2 is 0.693 bits per heavy atom. The molecule has 0 bridgehead atoms. The maximum atomic E-state index is 13.5. The molecule has 1 aliphatic carbocycles. The standard InChI is InChI=1S/C72H75N15O14/c73-83-78-37-56-63(91-41-49-26-12-3-13-27-49)66(93-43-51-30-16-5-17-31-51)59(81-86-76)70(96-56)100-65-58(46-89-39-47-22-8-1-9-23-47)98-72(69(65)95-45-53-34-20-7-21-35-53)101-68-61(90-40-48-24-10-2-11-25-48)54(79-84-74)36-55(80-85-75)62(68)99-71-60(82-87-77)67(94-44-52-32-18-6-19-33-52)64(57(38-88)97-71)92-42-50-28-14-4-15-29-50/h1-35,38,54-72H,36-37,39-46H2/t54-,55?,56+,57?,58-,59?,60?,61?,62-,63-,64+,65+,66?,67+,68-,69?,70-,71-,72+/m1/s1. The summed E-state index contributed by atoms with van der Waals surface area (Å²) < 4.78 is 89.4. The smallest absolute Gasteiger partial charge is 0.187 e. The first-order valence-electron chi connectivity index (χ1n) is 33.0. The van der Waals surface area contributed by atoms with Gasteiger partial charge in [0.15, 0.2) is 25.2 Å². The number of azide groups is 5. The minimum atomic E-state index is -1.70. The van der Waals surface area contributed by atoms with Gasteiger partial charge in [-0.3, -0.25) is 0 Å². The lowest BCUT2D eigenvalue weighted by Gasteiger charge is -2.48. The molecule has 11 rings (SSSR count). The molecule has 7 aromatic carbocycles. The molecule has 101 heavy (non-hydrogen) atoms. The monoisotopic (exact) mass is 1370 g/mol. The molecule has 0 radical (unpaired) electrons. The van der Waals surface area contributed by atoms with Crippen LogP contribution in [0.25, 0.3) is 52.2 Å². The van der Waals surface area contributed by atoms with Crippen LogP contribution in [0.2, 0.25) is 0 Å². The van der Waals surface area contributed by atoms with E-state index in [0.29, 0.717) is 17.4 Å². The zero-order valence-electron chi connectivity index (χ0n) is 54.7. The van der Waals surface area contributed by atoms with Gasteiger partial charge in [0.25, 0.3) is 0 Å². The van der Waals surface area contributed by atoms with Gasteiger partial charge in [0.1, 0.15) is 67.0 Å². The first-order valence-corrected chi connectivity index (χ1v) is 33.0. The highest BCUT2D eigenvalue weighted by atomic mass is 16.8. The molecule has 522 valence electrons. The van der Waals surface area contributed by atoms with Crippen LogP contribution in [-0.4, -0.2) is 136 Å². The Balaban J connectivity index is 1.01. The van der Waals surface area contributed by atoms with Crippen molar-refractivity contribution in [3.63, 3.8) is 0 Å². The van der Waals surface area contributed by atoms with E-state index in [0.717, 1.165) is 27.8 Å². The van der Waals surface area contributed by atoms with Crippen molar-refractivity contribution in [2.75, 3.05) is 13.2 Å². The molecule has 29 heteroatoms. The van der Waals surface area contributed by atoms with Crippen molar-refractivity contribution in [1.82, 2.24) is 0 Å². The second-order valence-electron chi connectivity index (χ2n) is 24.1. The van der Waals surface area contributed by atoms with Crippen LogP contribution in [0.3, 0.4) is 0 Å². The molecule has 3 saturated heterocycles. The normalized spacial score (nSPS) is 28.3. The van der Waals surface area contributed by atoms with Gasteiger partial charge in [-0.05, 0) is 73.0 Å². The second kappa shape index (κ2) is 38.2. The molecule has 4 aliphatic rings. The van der Waals surface area contributed by atoms with Gasteiger partial charge in [0, 0.05) is 24.6 Å². The predicted octanol–water partition coefficient (Wildman–Crippen LogP) is 13.7. The fraction of sp³-hybridized carbons (Fsp3) is 0.403. The molecule has 29 nitrogen and oxygen atoms in total. The van der Waals surface area contributed by atoms with Gasteiger partial charge in [-0.1, -0.05) is 238 Å². The van der Waals surface area contributed by atoms with E-state index in [-0.39, 0.29) is 65.8 Å². The maximum absolute atomic E-state index is 13.5. The first-order chi connectivity index (χ1) is 49.8. The number of rotatable bonds is 35. The lowest BCUT2D eigenvalue weighted by atomic mass is 9.83. The number of hydrogen-bond donors (Lipinski definition) is 0. The molecular formula is C72H75N15O14. The molecule has 7 unspecified atom stereocenters. The van der Waals surface area contributed by atoms with Crippen LogP contribution in [-0.2, 0) is 113 Å². The van der Waals surface area contributed by atoms with Crippen molar-refractivity contribution in [3.05, 3.63) is 303 Å². The number of carbonyl (C=O) groups excluding carboxylic acids is 1. The largest absolute Gasteiger partial charge is 0.374 e. The number of ether oxygens (including phenoxy) is 13. The van der Waals surface area contributed by atoms with E-state index in [4.69, 9.17) is 61.6 Å². The molecule has 1 saturated carbocycles. The lowest BCUT2D eigenvalue weighted by molar-refractivity contribution is -0.314. The summed E-state index contributed by atoms with van der Waals surface area (Å²) in [6.45, 7) is -0.562. The summed E-state index contributed by atoms with van der Waals surface area (Å²) in [6.07, 6.45) is -19.9. The van der Waals surface area contributed by atoms with Crippen molar-refractivity contribution < 1.29 is 66.4 Å². The molecule has 3 aliphatic heterocycles. The SMILES string of the molecule is [N-]=[N+]=NC[C@@H]1O[C@H](O[C@@H]2C(OCc3ccccc3)[C@H](O[C@@H]3C(OCc4ccccc4)[C@H](N=[N+]=[N-])CC(N=[N+]=[N-])[C@H]3O[C@H]3OC(C=O)[C@H](OCc4ccccc4)[C@@H](OCc4ccccc4)C3N=[N+]=[N-])O[C@@H]2COCc2ccccc2)C(N=[N+]=[N-])C(OCc2ccccc2)[C@@H]1OCc1ccccc1. The molecular weight excluding hydrogens is 1300 g/mol. The van der Waals surface area contributed by atoms with Crippen molar-refractivity contribution in [3.8, 4) is 0 Å². The van der Waals surface area contributed by atoms with Crippen molar-refractivity contribution >= 4 is 6.29 Å². The van der Waals surface area contributed by atoms with E-state index in [1.165, 1.54) is 0 Å². The lowest BCUT2D eigenvalue weighted by Crippen LogP contribution is -2.64. The van der Waals surface area contributed by atoms with Crippen molar-refractivity contribution in [1.29, 1.82) is 0 Å². The summed E-state index contributed by atoms with van der Waals surface area (Å²) in [5.74, 6) is 0. The van der Waals surface area contributed by atoms with Crippen molar-refractivity contribution in [2.24, 2.45) is 25.6 Å². The van der Waals surface area contributed by atoms with E-state index in [9.17, 15) is 32.5 Å². The Labute approximate surface area is 581 Å². The topological polar surface area (TPSA) is 381 Å². The highest BCUT2D eigenvalue weighted by molar-refractivity contribution is 5.58. The highest BCUT2D eigenvalue weighted by Gasteiger charge is 2.58. The van der Waals surface area contributed by atoms with Gasteiger partial charge >= 0.3 is 0 Å². The summed E-state index contributed by atoms with van der Waals surface area (Å²) in [5, 5.41) is 21.0. The fourth-order valence-corrected chi connectivity index (χ4v) is 12.7. The molecule has 4 fully saturated rings. The zero-order valence-corrected chi connectivity index (χ0v) is 54.7. The Kier molecular flexibility index (Phi) is 27.4. The summed E-state index contributed by atoms with van der Waals surface area (Å²) in [4.78, 5) is 29.7. The number of nitrogens with zero attached hydrogens (tertiary/aromatic N) is 15. The number of benzene rings is 7.